The summed E-state index contributed by atoms with van der Waals surface area (Å²) in [5.41, 5.74) is 3.18. The van der Waals surface area contributed by atoms with Crippen LogP contribution < -0.4 is 9.64 Å². The Morgan fingerprint density at radius 1 is 1.00 bits per heavy atom. The zero-order valence-corrected chi connectivity index (χ0v) is 17.4. The van der Waals surface area contributed by atoms with Crippen molar-refractivity contribution in [3.8, 4) is 5.75 Å². The van der Waals surface area contributed by atoms with Gasteiger partial charge in [0.1, 0.15) is 17.7 Å². The molecule has 5 nitrogen and oxygen atoms in total. The summed E-state index contributed by atoms with van der Waals surface area (Å²) in [7, 11) is 0. The van der Waals surface area contributed by atoms with E-state index in [0.29, 0.717) is 18.7 Å². The highest BCUT2D eigenvalue weighted by atomic mass is 16.5. The minimum atomic E-state index is 0.0570. The number of allylic oxidation sites excluding steroid dienone is 1. The number of amides is 1. The molecule has 0 spiro atoms. The van der Waals surface area contributed by atoms with Crippen molar-refractivity contribution in [2.24, 2.45) is 0 Å². The molecule has 3 fully saturated rings. The Bertz CT molecular complexity index is 910. The monoisotopic (exact) mass is 403 g/mol. The predicted octanol–water partition coefficient (Wildman–Crippen LogP) is 4.76. The van der Waals surface area contributed by atoms with Crippen LogP contribution in [-0.4, -0.2) is 41.5 Å². The normalized spacial score (nSPS) is 19.9. The maximum absolute atomic E-state index is 12.9. The van der Waals surface area contributed by atoms with Crippen LogP contribution in [0.15, 0.2) is 54.9 Å². The Morgan fingerprint density at radius 3 is 2.37 bits per heavy atom. The largest absolute Gasteiger partial charge is 0.490 e. The van der Waals surface area contributed by atoms with E-state index < -0.39 is 0 Å². The number of carbonyl (C=O) groups is 1. The lowest BCUT2D eigenvalue weighted by Gasteiger charge is -2.32. The molecule has 2 aromatic rings. The second-order valence-electron chi connectivity index (χ2n) is 8.68. The van der Waals surface area contributed by atoms with E-state index in [1.165, 1.54) is 18.4 Å². The van der Waals surface area contributed by atoms with Gasteiger partial charge in [-0.2, -0.15) is 0 Å². The number of piperidine rings is 1. The van der Waals surface area contributed by atoms with Gasteiger partial charge in [0.05, 0.1) is 5.56 Å². The van der Waals surface area contributed by atoms with Crippen LogP contribution in [0.2, 0.25) is 0 Å². The number of benzene rings is 1. The number of anilines is 1. The smallest absolute Gasteiger partial charge is 0.255 e. The molecule has 1 amide bonds. The third kappa shape index (κ3) is 4.07. The topological polar surface area (TPSA) is 45.7 Å². The van der Waals surface area contributed by atoms with Crippen LogP contribution in [0.4, 0.5) is 5.82 Å². The second kappa shape index (κ2) is 8.13. The third-order valence-electron chi connectivity index (χ3n) is 6.46. The fourth-order valence-electron chi connectivity index (χ4n) is 4.47. The summed E-state index contributed by atoms with van der Waals surface area (Å²) >= 11 is 0. The van der Waals surface area contributed by atoms with Gasteiger partial charge in [-0.25, -0.2) is 4.98 Å². The van der Waals surface area contributed by atoms with Gasteiger partial charge in [-0.05, 0) is 61.4 Å². The lowest BCUT2D eigenvalue weighted by Crippen LogP contribution is -2.41. The average molecular weight is 404 g/mol. The first-order valence-electron chi connectivity index (χ1n) is 11.1. The Hall–Kier alpha value is -2.82. The van der Waals surface area contributed by atoms with Gasteiger partial charge >= 0.3 is 0 Å². The molecule has 0 N–H and O–H groups in total. The van der Waals surface area contributed by atoms with E-state index in [-0.39, 0.29) is 12.0 Å². The average Bonchev–Trinajstić information content (AvgIpc) is 3.55. The van der Waals surface area contributed by atoms with Crippen LogP contribution in [0.3, 0.4) is 0 Å². The molecule has 1 saturated carbocycles. The summed E-state index contributed by atoms with van der Waals surface area (Å²) in [6.45, 7) is 6.48. The summed E-state index contributed by atoms with van der Waals surface area (Å²) in [6.07, 6.45) is 8.35. The van der Waals surface area contributed by atoms with Crippen molar-refractivity contribution >= 4 is 11.7 Å². The highest BCUT2D eigenvalue weighted by Gasteiger charge is 2.26. The van der Waals surface area contributed by atoms with Gasteiger partial charge < -0.3 is 14.5 Å². The van der Waals surface area contributed by atoms with Crippen molar-refractivity contribution in [2.75, 3.05) is 24.5 Å². The Kier molecular flexibility index (Phi) is 5.19. The molecule has 1 aromatic heterocycles. The molecule has 0 radical (unpaired) electrons. The molecule has 1 aromatic carbocycles. The second-order valence-corrected chi connectivity index (χ2v) is 8.68. The van der Waals surface area contributed by atoms with Crippen molar-refractivity contribution in [2.45, 2.75) is 50.5 Å². The first-order valence-corrected chi connectivity index (χ1v) is 11.1. The van der Waals surface area contributed by atoms with E-state index in [4.69, 9.17) is 4.74 Å². The first kappa shape index (κ1) is 19.2. The number of likely N-dealkylation sites (tertiary alicyclic amines) is 1. The van der Waals surface area contributed by atoms with Crippen LogP contribution in [0, 0.1) is 0 Å². The van der Waals surface area contributed by atoms with Crippen molar-refractivity contribution in [3.63, 3.8) is 0 Å². The zero-order valence-electron chi connectivity index (χ0n) is 17.4. The molecule has 2 aliphatic heterocycles. The minimum absolute atomic E-state index is 0.0570. The van der Waals surface area contributed by atoms with Crippen molar-refractivity contribution in [1.82, 2.24) is 9.88 Å². The van der Waals surface area contributed by atoms with Gasteiger partial charge in [-0.1, -0.05) is 18.7 Å². The number of pyridine rings is 1. The molecular formula is C25H29N3O2. The molecule has 2 saturated heterocycles. The standard InChI is InChI=1S/C25H29N3O2/c1-18-3-2-14-28(18)24-11-8-21(17-26-24)25(29)27-15-12-23(13-16-27)30-22-9-6-20(7-10-22)19-4-5-19/h6-11,17,19,23H,1-5,12-16H2. The molecule has 1 aliphatic carbocycles. The van der Waals surface area contributed by atoms with E-state index in [1.54, 1.807) is 6.20 Å². The van der Waals surface area contributed by atoms with E-state index >= 15 is 0 Å². The van der Waals surface area contributed by atoms with Crippen LogP contribution >= 0.6 is 0 Å². The SMILES string of the molecule is C=C1CCCN1c1ccc(C(=O)N2CCC(Oc3ccc(C4CC4)cc3)CC2)cn1. The Balaban J connectivity index is 1.14. The predicted molar refractivity (Wildman–Crippen MR) is 118 cm³/mol. The minimum Gasteiger partial charge on any atom is -0.490 e. The molecule has 156 valence electrons. The third-order valence-corrected chi connectivity index (χ3v) is 6.46. The quantitative estimate of drug-likeness (QED) is 0.722. The number of ether oxygens (including phenoxy) is 1. The van der Waals surface area contributed by atoms with Crippen LogP contribution in [-0.2, 0) is 0 Å². The van der Waals surface area contributed by atoms with Crippen molar-refractivity contribution in [1.29, 1.82) is 0 Å². The molecule has 3 aliphatic rings. The molecule has 0 bridgehead atoms. The molecule has 0 atom stereocenters. The highest BCUT2D eigenvalue weighted by molar-refractivity contribution is 5.94. The number of hydrogen-bond acceptors (Lipinski definition) is 4. The van der Waals surface area contributed by atoms with Crippen LogP contribution in [0.5, 0.6) is 5.75 Å². The summed E-state index contributed by atoms with van der Waals surface area (Å²) in [5.74, 6) is 2.65. The summed E-state index contributed by atoms with van der Waals surface area (Å²) in [5, 5.41) is 0. The number of rotatable bonds is 5. The fraction of sp³-hybridized carbons (Fsp3) is 0.440. The van der Waals surface area contributed by atoms with Crippen molar-refractivity contribution < 1.29 is 9.53 Å². The van der Waals surface area contributed by atoms with E-state index in [0.717, 1.165) is 55.4 Å². The number of nitrogens with zero attached hydrogens (tertiary/aromatic N) is 3. The molecule has 3 heterocycles. The maximum Gasteiger partial charge on any atom is 0.255 e. The molecule has 30 heavy (non-hydrogen) atoms. The Morgan fingerprint density at radius 2 is 1.77 bits per heavy atom. The summed E-state index contributed by atoms with van der Waals surface area (Å²) < 4.78 is 6.16. The zero-order chi connectivity index (χ0) is 20.5. The van der Waals surface area contributed by atoms with Gasteiger partial charge in [0, 0.05) is 44.4 Å². The summed E-state index contributed by atoms with van der Waals surface area (Å²) in [6, 6.07) is 12.4. The van der Waals surface area contributed by atoms with E-state index in [9.17, 15) is 4.79 Å². The fourth-order valence-corrected chi connectivity index (χ4v) is 4.47. The van der Waals surface area contributed by atoms with Gasteiger partial charge in [-0.3, -0.25) is 4.79 Å². The number of carbonyl (C=O) groups excluding carboxylic acids is 1. The van der Waals surface area contributed by atoms with Gasteiger partial charge in [0.15, 0.2) is 0 Å². The van der Waals surface area contributed by atoms with E-state index in [2.05, 4.69) is 40.7 Å². The molecule has 5 heteroatoms. The number of aromatic nitrogens is 1. The highest BCUT2D eigenvalue weighted by Crippen LogP contribution is 2.40. The molecule has 0 unspecified atom stereocenters. The summed E-state index contributed by atoms with van der Waals surface area (Å²) in [4.78, 5) is 21.4. The maximum atomic E-state index is 12.9. The van der Waals surface area contributed by atoms with E-state index in [1.807, 2.05) is 17.0 Å². The number of hydrogen-bond donors (Lipinski definition) is 0. The van der Waals surface area contributed by atoms with Gasteiger partial charge in [0.2, 0.25) is 0 Å². The lowest BCUT2D eigenvalue weighted by molar-refractivity contribution is 0.0595. The van der Waals surface area contributed by atoms with Gasteiger partial charge in [0.25, 0.3) is 5.91 Å². The molecule has 5 rings (SSSR count). The van der Waals surface area contributed by atoms with Crippen LogP contribution in [0.25, 0.3) is 0 Å². The Labute approximate surface area is 178 Å². The van der Waals surface area contributed by atoms with Crippen LogP contribution in [0.1, 0.15) is 60.4 Å². The first-order chi connectivity index (χ1) is 14.7. The lowest BCUT2D eigenvalue weighted by atomic mass is 10.1. The van der Waals surface area contributed by atoms with Gasteiger partial charge in [-0.15, -0.1) is 0 Å². The molecular weight excluding hydrogens is 374 g/mol. The van der Waals surface area contributed by atoms with Crippen molar-refractivity contribution in [3.05, 3.63) is 66.0 Å².